The third kappa shape index (κ3) is 1.42. The lowest BCUT2D eigenvalue weighted by Crippen LogP contribution is -2.24. The molecule has 0 spiro atoms. The van der Waals surface area contributed by atoms with Crippen molar-refractivity contribution in [2.75, 3.05) is 0 Å². The lowest BCUT2D eigenvalue weighted by Gasteiger charge is -2.21. The molecule has 0 radical (unpaired) electrons. The smallest absolute Gasteiger partial charge is 0.143 e. The van der Waals surface area contributed by atoms with Crippen molar-refractivity contribution in [1.29, 1.82) is 0 Å². The summed E-state index contributed by atoms with van der Waals surface area (Å²) in [6.07, 6.45) is 3.46. The maximum atomic E-state index is 10.3. The highest BCUT2D eigenvalue weighted by molar-refractivity contribution is 5.25. The molecule has 0 fully saturated rings. The number of pyridine rings is 1. The molecular formula is C11H12N2O. The Balaban J connectivity index is 2.43. The van der Waals surface area contributed by atoms with Crippen molar-refractivity contribution in [3.63, 3.8) is 0 Å². The van der Waals surface area contributed by atoms with Crippen LogP contribution < -0.4 is 0 Å². The lowest BCUT2D eigenvalue weighted by molar-refractivity contribution is 0.0932. The summed E-state index contributed by atoms with van der Waals surface area (Å²) in [6.45, 7) is 1.72. The van der Waals surface area contributed by atoms with Crippen molar-refractivity contribution in [3.05, 3.63) is 54.1 Å². The Bertz CT molecular complexity index is 392. The number of H-pyrrole nitrogens is 1. The monoisotopic (exact) mass is 188 g/mol. The van der Waals surface area contributed by atoms with Crippen molar-refractivity contribution in [2.24, 2.45) is 0 Å². The molecule has 72 valence electrons. The van der Waals surface area contributed by atoms with Gasteiger partial charge in [-0.3, -0.25) is 4.98 Å². The number of nitrogens with one attached hydrogen (secondary N) is 1. The van der Waals surface area contributed by atoms with Crippen LogP contribution in [0.25, 0.3) is 0 Å². The molecule has 14 heavy (non-hydrogen) atoms. The van der Waals surface area contributed by atoms with Crippen molar-refractivity contribution >= 4 is 0 Å². The van der Waals surface area contributed by atoms with E-state index in [1.54, 1.807) is 25.4 Å². The Morgan fingerprint density at radius 2 is 2.14 bits per heavy atom. The van der Waals surface area contributed by atoms with E-state index < -0.39 is 5.60 Å². The first-order valence-corrected chi connectivity index (χ1v) is 4.49. The Morgan fingerprint density at radius 1 is 1.29 bits per heavy atom. The Morgan fingerprint density at radius 3 is 2.71 bits per heavy atom. The first-order chi connectivity index (χ1) is 6.71. The maximum absolute atomic E-state index is 10.3. The highest BCUT2D eigenvalue weighted by Crippen LogP contribution is 2.25. The van der Waals surface area contributed by atoms with E-state index in [1.807, 2.05) is 24.3 Å². The fourth-order valence-electron chi connectivity index (χ4n) is 1.42. The summed E-state index contributed by atoms with van der Waals surface area (Å²) in [5, 5.41) is 10.3. The van der Waals surface area contributed by atoms with E-state index >= 15 is 0 Å². The largest absolute Gasteiger partial charge is 0.378 e. The second-order valence-electron chi connectivity index (χ2n) is 3.37. The number of rotatable bonds is 2. The topological polar surface area (TPSA) is 48.9 Å². The van der Waals surface area contributed by atoms with Gasteiger partial charge in [0, 0.05) is 12.4 Å². The summed E-state index contributed by atoms with van der Waals surface area (Å²) in [4.78, 5) is 7.12. The van der Waals surface area contributed by atoms with Gasteiger partial charge in [0.2, 0.25) is 0 Å². The second-order valence-corrected chi connectivity index (χ2v) is 3.37. The van der Waals surface area contributed by atoms with Crippen LogP contribution in [0.4, 0.5) is 0 Å². The minimum absolute atomic E-state index is 0.641. The zero-order chi connectivity index (χ0) is 10.0. The van der Waals surface area contributed by atoms with Gasteiger partial charge < -0.3 is 10.1 Å². The van der Waals surface area contributed by atoms with Crippen LogP contribution in [0.5, 0.6) is 0 Å². The van der Waals surface area contributed by atoms with E-state index in [2.05, 4.69) is 9.97 Å². The molecule has 3 heteroatoms. The van der Waals surface area contributed by atoms with E-state index in [1.165, 1.54) is 0 Å². The van der Waals surface area contributed by atoms with Crippen molar-refractivity contribution in [2.45, 2.75) is 12.5 Å². The van der Waals surface area contributed by atoms with Crippen LogP contribution >= 0.6 is 0 Å². The number of aliphatic hydroxyl groups is 1. The van der Waals surface area contributed by atoms with Gasteiger partial charge in [0.25, 0.3) is 0 Å². The van der Waals surface area contributed by atoms with Crippen LogP contribution in [-0.4, -0.2) is 15.1 Å². The lowest BCUT2D eigenvalue weighted by atomic mass is 9.98. The molecule has 0 aliphatic rings. The molecule has 0 aliphatic carbocycles. The predicted molar refractivity (Wildman–Crippen MR) is 53.7 cm³/mol. The average molecular weight is 188 g/mol. The predicted octanol–water partition coefficient (Wildman–Crippen LogP) is 1.67. The van der Waals surface area contributed by atoms with Crippen LogP contribution in [0, 0.1) is 0 Å². The van der Waals surface area contributed by atoms with Crippen LogP contribution in [-0.2, 0) is 5.60 Å². The first-order valence-electron chi connectivity index (χ1n) is 4.49. The zero-order valence-corrected chi connectivity index (χ0v) is 7.94. The number of hydrogen-bond donors (Lipinski definition) is 2. The molecule has 0 aliphatic heterocycles. The summed E-state index contributed by atoms with van der Waals surface area (Å²) < 4.78 is 0. The molecule has 2 heterocycles. The molecule has 0 aromatic carbocycles. The summed E-state index contributed by atoms with van der Waals surface area (Å²) in [5.41, 5.74) is 0.337. The normalized spacial score (nSPS) is 15.0. The van der Waals surface area contributed by atoms with Gasteiger partial charge in [-0.2, -0.15) is 0 Å². The minimum atomic E-state index is -1.05. The summed E-state index contributed by atoms with van der Waals surface area (Å²) >= 11 is 0. The molecule has 0 amide bonds. The Labute approximate surface area is 82.4 Å². The van der Waals surface area contributed by atoms with E-state index in [0.29, 0.717) is 5.69 Å². The summed E-state index contributed by atoms with van der Waals surface area (Å²) in [6, 6.07) is 9.19. The molecule has 3 nitrogen and oxygen atoms in total. The van der Waals surface area contributed by atoms with Crippen molar-refractivity contribution < 1.29 is 5.11 Å². The van der Waals surface area contributed by atoms with Crippen LogP contribution in [0.2, 0.25) is 0 Å². The van der Waals surface area contributed by atoms with Gasteiger partial charge in [0.15, 0.2) is 0 Å². The van der Waals surface area contributed by atoms with Crippen molar-refractivity contribution in [3.8, 4) is 0 Å². The third-order valence-electron chi connectivity index (χ3n) is 2.29. The Kier molecular flexibility index (Phi) is 2.09. The van der Waals surface area contributed by atoms with Crippen LogP contribution in [0.15, 0.2) is 42.7 Å². The fourth-order valence-corrected chi connectivity index (χ4v) is 1.42. The van der Waals surface area contributed by atoms with Crippen LogP contribution in [0.1, 0.15) is 18.3 Å². The van der Waals surface area contributed by atoms with Crippen LogP contribution in [0.3, 0.4) is 0 Å². The van der Waals surface area contributed by atoms with E-state index in [-0.39, 0.29) is 0 Å². The molecule has 2 rings (SSSR count). The standard InChI is InChI=1S/C11H12N2O/c1-11(14,10-6-4-8-13-10)9-5-2-3-7-12-9/h2-8,13-14H,1H3. The highest BCUT2D eigenvalue weighted by Gasteiger charge is 2.27. The van der Waals surface area contributed by atoms with E-state index in [9.17, 15) is 5.11 Å². The molecule has 1 unspecified atom stereocenters. The van der Waals surface area contributed by atoms with Gasteiger partial charge >= 0.3 is 0 Å². The number of aromatic amines is 1. The molecule has 1 atom stereocenters. The number of aromatic nitrogens is 2. The minimum Gasteiger partial charge on any atom is -0.378 e. The first kappa shape index (κ1) is 8.97. The average Bonchev–Trinajstić information content (AvgIpc) is 2.72. The molecule has 2 aromatic rings. The van der Waals surface area contributed by atoms with E-state index in [0.717, 1.165) is 5.69 Å². The summed E-state index contributed by atoms with van der Waals surface area (Å²) in [5.74, 6) is 0. The van der Waals surface area contributed by atoms with Gasteiger partial charge in [-0.05, 0) is 31.2 Å². The maximum Gasteiger partial charge on any atom is 0.143 e. The molecule has 2 N–H and O–H groups in total. The number of nitrogens with zero attached hydrogens (tertiary/aromatic N) is 1. The fraction of sp³-hybridized carbons (Fsp3) is 0.182. The van der Waals surface area contributed by atoms with Gasteiger partial charge in [-0.25, -0.2) is 0 Å². The molecule has 0 saturated carbocycles. The van der Waals surface area contributed by atoms with Crippen molar-refractivity contribution in [1.82, 2.24) is 9.97 Å². The van der Waals surface area contributed by atoms with Gasteiger partial charge in [-0.15, -0.1) is 0 Å². The Hall–Kier alpha value is -1.61. The van der Waals surface area contributed by atoms with Gasteiger partial charge in [-0.1, -0.05) is 6.07 Å². The molecule has 2 aromatic heterocycles. The zero-order valence-electron chi connectivity index (χ0n) is 7.94. The molecule has 0 bridgehead atoms. The highest BCUT2D eigenvalue weighted by atomic mass is 16.3. The molecule has 0 saturated heterocycles. The van der Waals surface area contributed by atoms with Gasteiger partial charge in [0.1, 0.15) is 5.60 Å². The quantitative estimate of drug-likeness (QED) is 0.753. The van der Waals surface area contributed by atoms with E-state index in [4.69, 9.17) is 0 Å². The SMILES string of the molecule is CC(O)(c1ccccn1)c1ccc[nH]1. The van der Waals surface area contributed by atoms with Gasteiger partial charge in [0.05, 0.1) is 11.4 Å². The number of hydrogen-bond acceptors (Lipinski definition) is 2. The third-order valence-corrected chi connectivity index (χ3v) is 2.29. The molecular weight excluding hydrogens is 176 g/mol. The second kappa shape index (κ2) is 3.27. The summed E-state index contributed by atoms with van der Waals surface area (Å²) in [7, 11) is 0.